The maximum Gasteiger partial charge on any atom is 0.330 e. The second kappa shape index (κ2) is 6.26. The minimum absolute atomic E-state index is 0.151. The van der Waals surface area contributed by atoms with Gasteiger partial charge in [0.15, 0.2) is 6.04 Å². The van der Waals surface area contributed by atoms with Crippen molar-refractivity contribution in [2.45, 2.75) is 26.3 Å². The minimum Gasteiger partial charge on any atom is -0.479 e. The molecule has 0 aromatic heterocycles. The van der Waals surface area contributed by atoms with Crippen molar-refractivity contribution in [3.63, 3.8) is 0 Å². The topological polar surface area (TPSA) is 78.4 Å². The van der Waals surface area contributed by atoms with Crippen molar-refractivity contribution >= 4 is 11.9 Å². The molecule has 1 aliphatic heterocycles. The lowest BCUT2D eigenvalue weighted by Gasteiger charge is -2.32. The van der Waals surface area contributed by atoms with Crippen molar-refractivity contribution in [2.75, 3.05) is 13.1 Å². The number of amides is 1. The van der Waals surface area contributed by atoms with Gasteiger partial charge >= 0.3 is 5.97 Å². The largest absolute Gasteiger partial charge is 0.479 e. The number of carboxylic acid groups (broad SMARTS) is 1. The highest BCUT2D eigenvalue weighted by Crippen LogP contribution is 2.35. The molecule has 1 aromatic carbocycles. The zero-order valence-corrected chi connectivity index (χ0v) is 12.4. The van der Waals surface area contributed by atoms with E-state index in [1.54, 1.807) is 24.3 Å². The highest BCUT2D eigenvalue weighted by Gasteiger charge is 2.45. The van der Waals surface area contributed by atoms with Gasteiger partial charge in [-0.05, 0) is 24.4 Å². The van der Waals surface area contributed by atoms with E-state index in [0.717, 1.165) is 13.0 Å². The first-order chi connectivity index (χ1) is 9.97. The Balaban J connectivity index is 2.21. The smallest absolute Gasteiger partial charge is 0.330 e. The third-order valence-corrected chi connectivity index (χ3v) is 4.40. The molecule has 1 amide bonds. The molecule has 5 heteroatoms. The van der Waals surface area contributed by atoms with Crippen LogP contribution in [0.4, 0.5) is 0 Å². The number of nitrogens with one attached hydrogen (secondary N) is 2. The Morgan fingerprint density at radius 2 is 1.95 bits per heavy atom. The fourth-order valence-electron chi connectivity index (χ4n) is 2.87. The molecule has 5 nitrogen and oxygen atoms in total. The molecule has 1 saturated heterocycles. The molecule has 1 fully saturated rings. The van der Waals surface area contributed by atoms with Crippen LogP contribution < -0.4 is 10.6 Å². The van der Waals surface area contributed by atoms with E-state index >= 15 is 0 Å². The molecular weight excluding hydrogens is 268 g/mol. The number of aliphatic carboxylic acids is 1. The molecule has 0 bridgehead atoms. The van der Waals surface area contributed by atoms with Crippen molar-refractivity contribution in [1.82, 2.24) is 10.6 Å². The second-order valence-electron chi connectivity index (χ2n) is 5.89. The lowest BCUT2D eigenvalue weighted by atomic mass is 9.75. The van der Waals surface area contributed by atoms with E-state index in [4.69, 9.17) is 0 Å². The third-order valence-electron chi connectivity index (χ3n) is 4.40. The summed E-state index contributed by atoms with van der Waals surface area (Å²) in [7, 11) is 0. The Morgan fingerprint density at radius 3 is 2.43 bits per heavy atom. The molecule has 21 heavy (non-hydrogen) atoms. The van der Waals surface area contributed by atoms with Crippen LogP contribution in [0.25, 0.3) is 0 Å². The van der Waals surface area contributed by atoms with E-state index in [9.17, 15) is 14.7 Å². The van der Waals surface area contributed by atoms with Crippen molar-refractivity contribution in [2.24, 2.45) is 11.3 Å². The van der Waals surface area contributed by atoms with Gasteiger partial charge in [0.05, 0.1) is 5.41 Å². The first-order valence-electron chi connectivity index (χ1n) is 7.27. The normalized spacial score (nSPS) is 23.0. The van der Waals surface area contributed by atoms with Gasteiger partial charge in [0, 0.05) is 6.54 Å². The summed E-state index contributed by atoms with van der Waals surface area (Å²) in [5.74, 6) is -1.07. The van der Waals surface area contributed by atoms with Crippen molar-refractivity contribution < 1.29 is 14.7 Å². The molecule has 1 unspecified atom stereocenters. The fraction of sp³-hybridized carbons (Fsp3) is 0.500. The van der Waals surface area contributed by atoms with Crippen LogP contribution >= 0.6 is 0 Å². The van der Waals surface area contributed by atoms with E-state index in [2.05, 4.69) is 10.6 Å². The average Bonchev–Trinajstić information content (AvgIpc) is 2.96. The fourth-order valence-corrected chi connectivity index (χ4v) is 2.87. The number of carboxylic acids is 1. The quantitative estimate of drug-likeness (QED) is 0.769. The number of hydrogen-bond acceptors (Lipinski definition) is 3. The molecule has 1 aliphatic rings. The molecule has 0 radical (unpaired) electrons. The molecule has 1 heterocycles. The summed E-state index contributed by atoms with van der Waals surface area (Å²) in [5.41, 5.74) is 0.0610. The Hall–Kier alpha value is -1.88. The van der Waals surface area contributed by atoms with Crippen LogP contribution in [0.3, 0.4) is 0 Å². The van der Waals surface area contributed by atoms with Gasteiger partial charge in [-0.15, -0.1) is 0 Å². The summed E-state index contributed by atoms with van der Waals surface area (Å²) in [6.45, 7) is 5.39. The standard InChI is InChI=1S/C16H22N2O3/c1-11(2)16(8-9-17-10-16)15(21)18-13(14(19)20)12-6-4-3-5-7-12/h3-7,11,13,17H,8-10H2,1-2H3,(H,18,21)(H,19,20)/t13-,16?/m0/s1. The molecule has 0 aliphatic carbocycles. The molecule has 2 atom stereocenters. The summed E-state index contributed by atoms with van der Waals surface area (Å²) < 4.78 is 0. The maximum atomic E-state index is 12.7. The Kier molecular flexibility index (Phi) is 4.63. The van der Waals surface area contributed by atoms with Gasteiger partial charge in [0.1, 0.15) is 0 Å². The van der Waals surface area contributed by atoms with Gasteiger partial charge in [-0.1, -0.05) is 44.2 Å². The Bertz CT molecular complexity index is 508. The Morgan fingerprint density at radius 1 is 1.29 bits per heavy atom. The number of hydrogen-bond donors (Lipinski definition) is 3. The van der Waals surface area contributed by atoms with Crippen LogP contribution in [0.1, 0.15) is 31.9 Å². The molecule has 0 saturated carbocycles. The van der Waals surface area contributed by atoms with Crippen LogP contribution in [0.2, 0.25) is 0 Å². The van der Waals surface area contributed by atoms with E-state index in [-0.39, 0.29) is 11.8 Å². The van der Waals surface area contributed by atoms with Gasteiger partial charge in [-0.25, -0.2) is 4.79 Å². The number of carbonyl (C=O) groups excluding carboxylic acids is 1. The van der Waals surface area contributed by atoms with Crippen LogP contribution in [0, 0.1) is 11.3 Å². The lowest BCUT2D eigenvalue weighted by Crippen LogP contribution is -2.48. The van der Waals surface area contributed by atoms with Crippen LogP contribution in [-0.2, 0) is 9.59 Å². The molecule has 0 spiro atoms. The van der Waals surface area contributed by atoms with Gasteiger partial charge in [0.25, 0.3) is 0 Å². The maximum absolute atomic E-state index is 12.7. The van der Waals surface area contributed by atoms with Crippen LogP contribution in [0.5, 0.6) is 0 Å². The van der Waals surface area contributed by atoms with E-state index < -0.39 is 17.4 Å². The average molecular weight is 290 g/mol. The van der Waals surface area contributed by atoms with Gasteiger partial charge in [0.2, 0.25) is 5.91 Å². The second-order valence-corrected chi connectivity index (χ2v) is 5.89. The SMILES string of the molecule is CC(C)C1(C(=O)N[C@H](C(=O)O)c2ccccc2)CCNC1. The van der Waals surface area contributed by atoms with Crippen LogP contribution in [-0.4, -0.2) is 30.1 Å². The van der Waals surface area contributed by atoms with Gasteiger partial charge in [-0.3, -0.25) is 4.79 Å². The summed E-state index contributed by atoms with van der Waals surface area (Å²) in [6.07, 6.45) is 0.734. The van der Waals surface area contributed by atoms with Crippen LogP contribution in [0.15, 0.2) is 30.3 Å². The predicted molar refractivity (Wildman–Crippen MR) is 79.7 cm³/mol. The number of rotatable bonds is 5. The zero-order valence-electron chi connectivity index (χ0n) is 12.4. The highest BCUT2D eigenvalue weighted by atomic mass is 16.4. The lowest BCUT2D eigenvalue weighted by molar-refractivity contribution is -0.144. The minimum atomic E-state index is -1.04. The summed E-state index contributed by atoms with van der Waals surface area (Å²) in [4.78, 5) is 24.2. The van der Waals surface area contributed by atoms with E-state index in [1.165, 1.54) is 0 Å². The van der Waals surface area contributed by atoms with Crippen molar-refractivity contribution in [1.29, 1.82) is 0 Å². The molecule has 1 aromatic rings. The van der Waals surface area contributed by atoms with E-state index in [0.29, 0.717) is 12.1 Å². The summed E-state index contributed by atoms with van der Waals surface area (Å²) >= 11 is 0. The summed E-state index contributed by atoms with van der Waals surface area (Å²) in [6, 6.07) is 7.79. The van der Waals surface area contributed by atoms with E-state index in [1.807, 2.05) is 19.9 Å². The predicted octanol–water partition coefficient (Wildman–Crippen LogP) is 1.56. The monoisotopic (exact) mass is 290 g/mol. The first-order valence-corrected chi connectivity index (χ1v) is 7.27. The Labute approximate surface area is 124 Å². The molecule has 114 valence electrons. The molecular formula is C16H22N2O3. The highest BCUT2D eigenvalue weighted by molar-refractivity contribution is 5.88. The number of benzene rings is 1. The van der Waals surface area contributed by atoms with Gasteiger partial charge in [-0.2, -0.15) is 0 Å². The molecule has 3 N–H and O–H groups in total. The first kappa shape index (κ1) is 15.5. The summed E-state index contributed by atoms with van der Waals surface area (Å²) in [5, 5.41) is 15.3. The molecule has 2 rings (SSSR count). The van der Waals surface area contributed by atoms with Crippen molar-refractivity contribution in [3.8, 4) is 0 Å². The third kappa shape index (κ3) is 3.08. The zero-order chi connectivity index (χ0) is 15.5. The van der Waals surface area contributed by atoms with Gasteiger partial charge < -0.3 is 15.7 Å². The van der Waals surface area contributed by atoms with Crippen molar-refractivity contribution in [3.05, 3.63) is 35.9 Å². The number of carbonyl (C=O) groups is 2.